The molecule has 1 heterocycles. The van der Waals surface area contributed by atoms with Crippen LogP contribution >= 0.6 is 12.6 Å². The largest absolute Gasteiger partial charge is 0.461 e. The first-order valence-corrected chi connectivity index (χ1v) is 4.13. The van der Waals surface area contributed by atoms with Crippen molar-refractivity contribution in [3.05, 3.63) is 0 Å². The predicted molar refractivity (Wildman–Crippen MR) is 42.2 cm³/mol. The summed E-state index contributed by atoms with van der Waals surface area (Å²) in [6.07, 6.45) is 2.45. The third kappa shape index (κ3) is 1.66. The second kappa shape index (κ2) is 3.28. The van der Waals surface area contributed by atoms with Gasteiger partial charge in [-0.2, -0.15) is 12.6 Å². The van der Waals surface area contributed by atoms with Crippen LogP contribution in [0.25, 0.3) is 0 Å². The first-order chi connectivity index (χ1) is 4.74. The molecule has 1 rings (SSSR count). The van der Waals surface area contributed by atoms with Crippen LogP contribution in [-0.4, -0.2) is 17.3 Å². The first kappa shape index (κ1) is 7.92. The molecule has 0 radical (unpaired) electrons. The van der Waals surface area contributed by atoms with Gasteiger partial charge in [0.05, 0.1) is 0 Å². The third-order valence-corrected chi connectivity index (χ3v) is 2.46. The molecule has 10 heavy (non-hydrogen) atoms. The standard InChI is InChI=1S/C7H12O2S/c1-2-6(10)5-3-4-7(8)9-5/h5-6,10H,2-4H2,1H3/t5-,6-/m1/s1. The zero-order valence-corrected chi connectivity index (χ0v) is 6.93. The van der Waals surface area contributed by atoms with Crippen LogP contribution in [-0.2, 0) is 9.53 Å². The molecule has 0 aromatic heterocycles. The molecule has 0 aliphatic carbocycles. The lowest BCUT2D eigenvalue weighted by Gasteiger charge is -2.14. The number of rotatable bonds is 2. The number of thiol groups is 1. The summed E-state index contributed by atoms with van der Waals surface area (Å²) in [5.74, 6) is -0.0718. The Kier molecular flexibility index (Phi) is 2.60. The fourth-order valence-corrected chi connectivity index (χ4v) is 1.29. The number of ether oxygens (including phenoxy) is 1. The molecule has 1 fully saturated rings. The number of esters is 1. The Balaban J connectivity index is 2.36. The zero-order chi connectivity index (χ0) is 7.56. The maximum atomic E-state index is 10.6. The van der Waals surface area contributed by atoms with Crippen LogP contribution in [0.15, 0.2) is 0 Å². The fourth-order valence-electron chi connectivity index (χ4n) is 1.08. The van der Waals surface area contributed by atoms with Crippen molar-refractivity contribution >= 4 is 18.6 Å². The van der Waals surface area contributed by atoms with E-state index in [1.165, 1.54) is 0 Å². The highest BCUT2D eigenvalue weighted by Crippen LogP contribution is 2.21. The molecule has 0 aromatic rings. The maximum absolute atomic E-state index is 10.6. The van der Waals surface area contributed by atoms with Gasteiger partial charge in [-0.05, 0) is 12.8 Å². The van der Waals surface area contributed by atoms with E-state index in [-0.39, 0.29) is 17.3 Å². The van der Waals surface area contributed by atoms with E-state index in [1.54, 1.807) is 0 Å². The van der Waals surface area contributed by atoms with Gasteiger partial charge in [0, 0.05) is 11.7 Å². The van der Waals surface area contributed by atoms with Gasteiger partial charge in [0.2, 0.25) is 0 Å². The fraction of sp³-hybridized carbons (Fsp3) is 0.857. The van der Waals surface area contributed by atoms with Crippen LogP contribution in [0.4, 0.5) is 0 Å². The third-order valence-electron chi connectivity index (χ3n) is 1.76. The van der Waals surface area contributed by atoms with Gasteiger partial charge in [-0.1, -0.05) is 6.92 Å². The molecule has 3 heteroatoms. The van der Waals surface area contributed by atoms with Crippen LogP contribution in [0.1, 0.15) is 26.2 Å². The predicted octanol–water partition coefficient (Wildman–Crippen LogP) is 1.40. The van der Waals surface area contributed by atoms with E-state index >= 15 is 0 Å². The van der Waals surface area contributed by atoms with Gasteiger partial charge in [0.25, 0.3) is 0 Å². The average molecular weight is 160 g/mol. The summed E-state index contributed by atoms with van der Waals surface area (Å²) >= 11 is 4.29. The Hall–Kier alpha value is -0.180. The minimum atomic E-state index is -0.0718. The van der Waals surface area contributed by atoms with Gasteiger partial charge in [0.15, 0.2) is 0 Å². The van der Waals surface area contributed by atoms with E-state index in [1.807, 2.05) is 6.92 Å². The number of carbonyl (C=O) groups excluding carboxylic acids is 1. The number of carbonyl (C=O) groups is 1. The van der Waals surface area contributed by atoms with Crippen molar-refractivity contribution in [1.82, 2.24) is 0 Å². The van der Waals surface area contributed by atoms with E-state index in [9.17, 15) is 4.79 Å². The SMILES string of the molecule is CC[C@@H](S)[C@H]1CCC(=O)O1. The summed E-state index contributed by atoms with van der Waals surface area (Å²) in [4.78, 5) is 10.6. The molecule has 0 amide bonds. The van der Waals surface area contributed by atoms with Crippen molar-refractivity contribution in [3.8, 4) is 0 Å². The Labute approximate surface area is 66.4 Å². The van der Waals surface area contributed by atoms with Gasteiger partial charge < -0.3 is 4.74 Å². The summed E-state index contributed by atoms with van der Waals surface area (Å²) in [6, 6.07) is 0. The van der Waals surface area contributed by atoms with Crippen molar-refractivity contribution in [3.63, 3.8) is 0 Å². The molecular formula is C7H12O2S. The monoisotopic (exact) mass is 160 g/mol. The van der Waals surface area contributed by atoms with E-state index in [0.29, 0.717) is 6.42 Å². The highest BCUT2D eigenvalue weighted by atomic mass is 32.1. The van der Waals surface area contributed by atoms with E-state index < -0.39 is 0 Å². The molecule has 0 unspecified atom stereocenters. The number of hydrogen-bond donors (Lipinski definition) is 1. The molecular weight excluding hydrogens is 148 g/mol. The molecule has 0 N–H and O–H groups in total. The minimum Gasteiger partial charge on any atom is -0.461 e. The van der Waals surface area contributed by atoms with Crippen LogP contribution in [0.2, 0.25) is 0 Å². The first-order valence-electron chi connectivity index (χ1n) is 3.61. The normalized spacial score (nSPS) is 28.2. The second-order valence-corrected chi connectivity index (χ2v) is 3.21. The Bertz CT molecular complexity index is 136. The molecule has 1 saturated heterocycles. The quantitative estimate of drug-likeness (QED) is 0.488. The van der Waals surface area contributed by atoms with E-state index in [0.717, 1.165) is 12.8 Å². The molecule has 1 aliphatic heterocycles. The smallest absolute Gasteiger partial charge is 0.306 e. The Morgan fingerprint density at radius 1 is 1.90 bits per heavy atom. The van der Waals surface area contributed by atoms with Gasteiger partial charge in [-0.3, -0.25) is 4.79 Å². The average Bonchev–Trinajstić information content (AvgIpc) is 2.34. The molecule has 0 saturated carbocycles. The molecule has 0 spiro atoms. The van der Waals surface area contributed by atoms with Gasteiger partial charge in [-0.15, -0.1) is 0 Å². The number of cyclic esters (lactones) is 1. The molecule has 0 aromatic carbocycles. The summed E-state index contributed by atoms with van der Waals surface area (Å²) in [7, 11) is 0. The highest BCUT2D eigenvalue weighted by molar-refractivity contribution is 7.81. The Morgan fingerprint density at radius 3 is 3.00 bits per heavy atom. The minimum absolute atomic E-state index is 0.0702. The van der Waals surface area contributed by atoms with Crippen molar-refractivity contribution in [1.29, 1.82) is 0 Å². The lowest BCUT2D eigenvalue weighted by Crippen LogP contribution is -2.19. The molecule has 58 valence electrons. The summed E-state index contributed by atoms with van der Waals surface area (Å²) in [5.41, 5.74) is 0. The zero-order valence-electron chi connectivity index (χ0n) is 6.04. The van der Waals surface area contributed by atoms with Crippen LogP contribution in [0, 0.1) is 0 Å². The van der Waals surface area contributed by atoms with E-state index in [4.69, 9.17) is 4.74 Å². The Morgan fingerprint density at radius 2 is 2.60 bits per heavy atom. The van der Waals surface area contributed by atoms with Crippen LogP contribution < -0.4 is 0 Å². The lowest BCUT2D eigenvalue weighted by atomic mass is 10.1. The highest BCUT2D eigenvalue weighted by Gasteiger charge is 2.27. The lowest BCUT2D eigenvalue weighted by molar-refractivity contribution is -0.141. The van der Waals surface area contributed by atoms with Crippen molar-refractivity contribution in [2.75, 3.05) is 0 Å². The van der Waals surface area contributed by atoms with Crippen molar-refractivity contribution < 1.29 is 9.53 Å². The maximum Gasteiger partial charge on any atom is 0.306 e. The van der Waals surface area contributed by atoms with E-state index in [2.05, 4.69) is 12.6 Å². The summed E-state index contributed by atoms with van der Waals surface area (Å²) in [6.45, 7) is 2.05. The van der Waals surface area contributed by atoms with Crippen molar-refractivity contribution in [2.45, 2.75) is 37.5 Å². The van der Waals surface area contributed by atoms with Crippen LogP contribution in [0.3, 0.4) is 0 Å². The van der Waals surface area contributed by atoms with Gasteiger partial charge in [-0.25, -0.2) is 0 Å². The van der Waals surface area contributed by atoms with Gasteiger partial charge >= 0.3 is 5.97 Å². The van der Waals surface area contributed by atoms with Gasteiger partial charge in [0.1, 0.15) is 6.10 Å². The van der Waals surface area contributed by atoms with Crippen LogP contribution in [0.5, 0.6) is 0 Å². The molecule has 2 nitrogen and oxygen atoms in total. The summed E-state index contributed by atoms with van der Waals surface area (Å²) in [5, 5.41) is 0.228. The molecule has 2 atom stereocenters. The number of hydrogen-bond acceptors (Lipinski definition) is 3. The molecule has 1 aliphatic rings. The van der Waals surface area contributed by atoms with Crippen molar-refractivity contribution in [2.24, 2.45) is 0 Å². The topological polar surface area (TPSA) is 26.3 Å². The summed E-state index contributed by atoms with van der Waals surface area (Å²) < 4.78 is 5.00. The second-order valence-electron chi connectivity index (χ2n) is 2.54. The molecule has 0 bridgehead atoms.